The minimum atomic E-state index is 0.787. The van der Waals surface area contributed by atoms with Crippen molar-refractivity contribution < 1.29 is 0 Å². The molecule has 1 unspecified atom stereocenters. The molecule has 0 rings (SSSR count). The molecule has 1 nitrogen and oxygen atoms in total. The molecule has 0 N–H and O–H groups in total. The maximum absolute atomic E-state index is 2.54. The zero-order chi connectivity index (χ0) is 13.3. The average Bonchev–Trinajstić information content (AvgIpc) is 2.24. The van der Waals surface area contributed by atoms with Crippen LogP contribution in [-0.4, -0.2) is 25.0 Å². The Bertz CT molecular complexity index is 161. The lowest BCUT2D eigenvalue weighted by molar-refractivity contribution is 0.214. The highest BCUT2D eigenvalue weighted by Gasteiger charge is 2.15. The first-order valence-corrected chi connectivity index (χ1v) is 7.71. The smallest absolute Gasteiger partial charge is 0.000682 e. The molecule has 104 valence electrons. The standard InChI is InChI=1S/C16H35N/c1-7-10-16(11-15(8-2)9-3)13-17(6)12-14(4)5/h14-16H,7-13H2,1-6H3. The molecule has 0 aromatic heterocycles. The van der Waals surface area contributed by atoms with Crippen molar-refractivity contribution in [2.75, 3.05) is 20.1 Å². The molecule has 0 aliphatic rings. The van der Waals surface area contributed by atoms with Gasteiger partial charge in [-0.25, -0.2) is 0 Å². The molecule has 0 fully saturated rings. The van der Waals surface area contributed by atoms with Gasteiger partial charge in [-0.2, -0.15) is 0 Å². The highest BCUT2D eigenvalue weighted by molar-refractivity contribution is 4.69. The van der Waals surface area contributed by atoms with Crippen LogP contribution in [-0.2, 0) is 0 Å². The van der Waals surface area contributed by atoms with E-state index in [1.807, 2.05) is 0 Å². The molecule has 0 aromatic rings. The third kappa shape index (κ3) is 8.65. The van der Waals surface area contributed by atoms with Gasteiger partial charge < -0.3 is 4.90 Å². The van der Waals surface area contributed by atoms with Crippen LogP contribution in [0.1, 0.15) is 66.7 Å². The Morgan fingerprint density at radius 1 is 0.882 bits per heavy atom. The van der Waals surface area contributed by atoms with Gasteiger partial charge in [-0.1, -0.05) is 53.9 Å². The second-order valence-electron chi connectivity index (χ2n) is 6.19. The Kier molecular flexibility index (Phi) is 9.91. The summed E-state index contributed by atoms with van der Waals surface area (Å²) in [6.45, 7) is 14.2. The largest absolute Gasteiger partial charge is 0.306 e. The molecule has 17 heavy (non-hydrogen) atoms. The van der Waals surface area contributed by atoms with Gasteiger partial charge in [0.25, 0.3) is 0 Å². The van der Waals surface area contributed by atoms with E-state index in [0.717, 1.165) is 17.8 Å². The van der Waals surface area contributed by atoms with Crippen LogP contribution in [0.15, 0.2) is 0 Å². The summed E-state index contributed by atoms with van der Waals surface area (Å²) in [5.74, 6) is 2.64. The van der Waals surface area contributed by atoms with Crippen molar-refractivity contribution in [3.63, 3.8) is 0 Å². The average molecular weight is 241 g/mol. The highest BCUT2D eigenvalue weighted by Crippen LogP contribution is 2.23. The summed E-state index contributed by atoms with van der Waals surface area (Å²) in [4.78, 5) is 2.54. The molecule has 0 saturated heterocycles. The Balaban J connectivity index is 4.12. The fraction of sp³-hybridized carbons (Fsp3) is 1.00. The van der Waals surface area contributed by atoms with Crippen molar-refractivity contribution in [2.45, 2.75) is 66.7 Å². The SMILES string of the molecule is CCCC(CC(CC)CC)CN(C)CC(C)C. The van der Waals surface area contributed by atoms with Gasteiger partial charge in [0.1, 0.15) is 0 Å². The van der Waals surface area contributed by atoms with Crippen molar-refractivity contribution >= 4 is 0 Å². The van der Waals surface area contributed by atoms with Crippen molar-refractivity contribution in [3.8, 4) is 0 Å². The summed E-state index contributed by atoms with van der Waals surface area (Å²) < 4.78 is 0. The molecular weight excluding hydrogens is 206 g/mol. The van der Waals surface area contributed by atoms with Crippen molar-refractivity contribution in [2.24, 2.45) is 17.8 Å². The molecule has 0 amide bonds. The maximum Gasteiger partial charge on any atom is 0.000682 e. The quantitative estimate of drug-likeness (QED) is 0.530. The van der Waals surface area contributed by atoms with Gasteiger partial charge in [0.15, 0.2) is 0 Å². The monoisotopic (exact) mass is 241 g/mol. The van der Waals surface area contributed by atoms with E-state index in [1.165, 1.54) is 45.2 Å². The van der Waals surface area contributed by atoms with Gasteiger partial charge in [-0.05, 0) is 37.6 Å². The van der Waals surface area contributed by atoms with Gasteiger partial charge in [0, 0.05) is 13.1 Å². The summed E-state index contributed by atoms with van der Waals surface area (Å²) in [5, 5.41) is 0. The summed E-state index contributed by atoms with van der Waals surface area (Å²) in [6, 6.07) is 0. The third-order valence-electron chi connectivity index (χ3n) is 3.76. The van der Waals surface area contributed by atoms with E-state index in [0.29, 0.717) is 0 Å². The van der Waals surface area contributed by atoms with E-state index in [2.05, 4.69) is 46.6 Å². The molecular formula is C16H35N. The van der Waals surface area contributed by atoms with Crippen LogP contribution in [0, 0.1) is 17.8 Å². The van der Waals surface area contributed by atoms with Gasteiger partial charge in [-0.3, -0.25) is 0 Å². The Labute approximate surface area is 110 Å². The molecule has 1 atom stereocenters. The van der Waals surface area contributed by atoms with E-state index in [9.17, 15) is 0 Å². The molecule has 0 bridgehead atoms. The van der Waals surface area contributed by atoms with E-state index in [4.69, 9.17) is 0 Å². The molecule has 1 heteroatoms. The van der Waals surface area contributed by atoms with Crippen LogP contribution in [0.5, 0.6) is 0 Å². The van der Waals surface area contributed by atoms with E-state index < -0.39 is 0 Å². The first kappa shape index (κ1) is 17.0. The van der Waals surface area contributed by atoms with E-state index in [1.54, 1.807) is 0 Å². The number of rotatable bonds is 10. The minimum Gasteiger partial charge on any atom is -0.306 e. The number of nitrogens with zero attached hydrogens (tertiary/aromatic N) is 1. The minimum absolute atomic E-state index is 0.787. The molecule has 0 saturated carbocycles. The fourth-order valence-electron chi connectivity index (χ4n) is 2.92. The molecule has 0 aliphatic heterocycles. The molecule has 0 heterocycles. The Morgan fingerprint density at radius 2 is 1.47 bits per heavy atom. The van der Waals surface area contributed by atoms with Crippen molar-refractivity contribution in [1.82, 2.24) is 4.90 Å². The summed E-state index contributed by atoms with van der Waals surface area (Å²) >= 11 is 0. The topological polar surface area (TPSA) is 3.24 Å². The van der Waals surface area contributed by atoms with Gasteiger partial charge in [-0.15, -0.1) is 0 Å². The maximum atomic E-state index is 2.54. The number of hydrogen-bond donors (Lipinski definition) is 0. The third-order valence-corrected chi connectivity index (χ3v) is 3.76. The number of hydrogen-bond acceptors (Lipinski definition) is 1. The van der Waals surface area contributed by atoms with Gasteiger partial charge >= 0.3 is 0 Å². The second kappa shape index (κ2) is 9.94. The van der Waals surface area contributed by atoms with Crippen LogP contribution >= 0.6 is 0 Å². The summed E-state index contributed by atoms with van der Waals surface area (Å²) in [5.41, 5.74) is 0. The predicted octanol–water partition coefficient (Wildman–Crippen LogP) is 4.82. The highest BCUT2D eigenvalue weighted by atomic mass is 15.1. The molecule has 0 aromatic carbocycles. The Morgan fingerprint density at radius 3 is 1.88 bits per heavy atom. The van der Waals surface area contributed by atoms with Crippen molar-refractivity contribution in [3.05, 3.63) is 0 Å². The first-order chi connectivity index (χ1) is 8.03. The summed E-state index contributed by atoms with van der Waals surface area (Å²) in [6.07, 6.45) is 6.87. The molecule has 0 spiro atoms. The van der Waals surface area contributed by atoms with E-state index >= 15 is 0 Å². The van der Waals surface area contributed by atoms with Crippen molar-refractivity contribution in [1.29, 1.82) is 0 Å². The van der Waals surface area contributed by atoms with Crippen LogP contribution in [0.3, 0.4) is 0 Å². The fourth-order valence-corrected chi connectivity index (χ4v) is 2.92. The van der Waals surface area contributed by atoms with Crippen LogP contribution in [0.4, 0.5) is 0 Å². The summed E-state index contributed by atoms with van der Waals surface area (Å²) in [7, 11) is 2.29. The zero-order valence-corrected chi connectivity index (χ0v) is 13.1. The molecule has 0 aliphatic carbocycles. The lowest BCUT2D eigenvalue weighted by Crippen LogP contribution is -2.30. The molecule has 0 radical (unpaired) electrons. The second-order valence-corrected chi connectivity index (χ2v) is 6.19. The normalized spacial score (nSPS) is 13.9. The zero-order valence-electron chi connectivity index (χ0n) is 13.1. The lowest BCUT2D eigenvalue weighted by Gasteiger charge is -2.27. The van der Waals surface area contributed by atoms with Crippen LogP contribution in [0.2, 0.25) is 0 Å². The van der Waals surface area contributed by atoms with Crippen LogP contribution in [0.25, 0.3) is 0 Å². The predicted molar refractivity (Wildman–Crippen MR) is 79.4 cm³/mol. The Hall–Kier alpha value is -0.0400. The lowest BCUT2D eigenvalue weighted by atomic mass is 9.87. The van der Waals surface area contributed by atoms with E-state index in [-0.39, 0.29) is 0 Å². The van der Waals surface area contributed by atoms with Gasteiger partial charge in [0.05, 0.1) is 0 Å². The first-order valence-electron chi connectivity index (χ1n) is 7.71. The van der Waals surface area contributed by atoms with Gasteiger partial charge in [0.2, 0.25) is 0 Å². The van der Waals surface area contributed by atoms with Crippen LogP contribution < -0.4 is 0 Å².